The minimum Gasteiger partial charge on any atom is -0.378 e. The Morgan fingerprint density at radius 2 is 2.08 bits per heavy atom. The molecule has 3 rings (SSSR count). The van der Waals surface area contributed by atoms with Crippen LogP contribution >= 0.6 is 0 Å². The second-order valence-electron chi connectivity index (χ2n) is 6.60. The van der Waals surface area contributed by atoms with Crippen LogP contribution in [0.15, 0.2) is 40.9 Å². The number of hydrogen-bond acceptors (Lipinski definition) is 2. The zero-order valence-electron chi connectivity index (χ0n) is 14.7. The summed E-state index contributed by atoms with van der Waals surface area (Å²) in [5, 5.41) is 3.51. The highest BCUT2D eigenvalue weighted by molar-refractivity contribution is 5.80. The van der Waals surface area contributed by atoms with E-state index in [4.69, 9.17) is 4.74 Å². The predicted molar refractivity (Wildman–Crippen MR) is 100 cm³/mol. The van der Waals surface area contributed by atoms with Crippen LogP contribution in [0.3, 0.4) is 0 Å². The topological polar surface area (TPSA) is 36.9 Å². The monoisotopic (exact) mass is 327 g/mol. The fraction of sp³-hybridized carbons (Fsp3) is 0.550. The summed E-state index contributed by atoms with van der Waals surface area (Å²) in [6, 6.07) is 10.6. The Bertz CT molecular complexity index is 552. The first-order valence-electron chi connectivity index (χ1n) is 9.17. The van der Waals surface area contributed by atoms with Crippen molar-refractivity contribution in [3.8, 4) is 0 Å². The van der Waals surface area contributed by atoms with Crippen LogP contribution in [0, 0.1) is 0 Å². The minimum absolute atomic E-state index is 0.442. The Kier molecular flexibility index (Phi) is 6.30. The van der Waals surface area contributed by atoms with E-state index in [2.05, 4.69) is 51.6 Å². The van der Waals surface area contributed by atoms with E-state index in [9.17, 15) is 0 Å². The molecular weight excluding hydrogens is 298 g/mol. The molecule has 2 fully saturated rings. The van der Waals surface area contributed by atoms with E-state index in [1.165, 1.54) is 24.0 Å². The van der Waals surface area contributed by atoms with Crippen molar-refractivity contribution in [2.45, 2.75) is 38.2 Å². The van der Waals surface area contributed by atoms with Crippen LogP contribution in [0.1, 0.15) is 37.7 Å². The number of ether oxygens (including phenoxy) is 1. The molecule has 4 heteroatoms. The molecule has 0 bridgehead atoms. The van der Waals surface area contributed by atoms with Gasteiger partial charge in [0, 0.05) is 33.3 Å². The highest BCUT2D eigenvalue weighted by Crippen LogP contribution is 2.19. The molecule has 1 aromatic carbocycles. The molecule has 130 valence electrons. The third kappa shape index (κ3) is 4.84. The molecule has 2 saturated heterocycles. The van der Waals surface area contributed by atoms with Gasteiger partial charge in [-0.2, -0.15) is 0 Å². The van der Waals surface area contributed by atoms with Crippen molar-refractivity contribution in [3.05, 3.63) is 41.5 Å². The number of hydrogen-bond donors (Lipinski definition) is 1. The summed E-state index contributed by atoms with van der Waals surface area (Å²) < 4.78 is 5.68. The summed E-state index contributed by atoms with van der Waals surface area (Å²) in [5.74, 6) is 1.03. The predicted octanol–water partition coefficient (Wildman–Crippen LogP) is 3.31. The van der Waals surface area contributed by atoms with Gasteiger partial charge in [0.05, 0.1) is 6.10 Å². The lowest BCUT2D eigenvalue weighted by molar-refractivity contribution is 0.105. The van der Waals surface area contributed by atoms with Gasteiger partial charge in [-0.3, -0.25) is 4.99 Å². The number of rotatable bonds is 4. The van der Waals surface area contributed by atoms with Gasteiger partial charge in [-0.25, -0.2) is 0 Å². The molecule has 0 radical (unpaired) electrons. The van der Waals surface area contributed by atoms with E-state index in [0.717, 1.165) is 51.5 Å². The summed E-state index contributed by atoms with van der Waals surface area (Å²) in [6.07, 6.45) is 8.50. The Hall–Kier alpha value is -1.81. The molecule has 1 aromatic rings. The van der Waals surface area contributed by atoms with E-state index in [-0.39, 0.29) is 0 Å². The standard InChI is InChI=1S/C20H29N3O/c1-21-20(22-12-9-19-8-5-15-24-19)23-13-10-18(11-14-23)16-17-6-3-2-4-7-17/h2-4,6-7,16,19H,5,8-15H2,1H3,(H,21,22). The van der Waals surface area contributed by atoms with Crippen molar-refractivity contribution in [2.75, 3.05) is 33.3 Å². The van der Waals surface area contributed by atoms with E-state index in [0.29, 0.717) is 6.10 Å². The minimum atomic E-state index is 0.442. The Balaban J connectivity index is 1.45. The van der Waals surface area contributed by atoms with Gasteiger partial charge in [0.15, 0.2) is 5.96 Å². The molecule has 24 heavy (non-hydrogen) atoms. The maximum Gasteiger partial charge on any atom is 0.193 e. The normalized spacial score (nSPS) is 21.9. The average molecular weight is 327 g/mol. The average Bonchev–Trinajstić information content (AvgIpc) is 3.14. The van der Waals surface area contributed by atoms with Gasteiger partial charge in [-0.1, -0.05) is 42.0 Å². The highest BCUT2D eigenvalue weighted by Gasteiger charge is 2.18. The third-order valence-electron chi connectivity index (χ3n) is 4.86. The van der Waals surface area contributed by atoms with Crippen molar-refractivity contribution >= 4 is 12.0 Å². The fourth-order valence-corrected chi connectivity index (χ4v) is 3.48. The number of nitrogens with one attached hydrogen (secondary N) is 1. The molecular formula is C20H29N3O. The summed E-state index contributed by atoms with van der Waals surface area (Å²) in [4.78, 5) is 6.83. The molecule has 1 atom stereocenters. The lowest BCUT2D eigenvalue weighted by atomic mass is 10.0. The van der Waals surface area contributed by atoms with Gasteiger partial charge in [-0.15, -0.1) is 0 Å². The quantitative estimate of drug-likeness (QED) is 0.681. The van der Waals surface area contributed by atoms with E-state index < -0.39 is 0 Å². The molecule has 0 saturated carbocycles. The van der Waals surface area contributed by atoms with Crippen LogP contribution in [-0.2, 0) is 4.74 Å². The van der Waals surface area contributed by atoms with Gasteiger partial charge < -0.3 is 15.0 Å². The molecule has 0 amide bonds. The first-order valence-corrected chi connectivity index (χ1v) is 9.17. The van der Waals surface area contributed by atoms with Crippen molar-refractivity contribution < 1.29 is 4.74 Å². The Labute approximate surface area is 145 Å². The third-order valence-corrected chi connectivity index (χ3v) is 4.86. The van der Waals surface area contributed by atoms with Crippen molar-refractivity contribution in [1.82, 2.24) is 10.2 Å². The first-order chi connectivity index (χ1) is 11.8. The largest absolute Gasteiger partial charge is 0.378 e. The van der Waals surface area contributed by atoms with Crippen LogP contribution in [0.5, 0.6) is 0 Å². The van der Waals surface area contributed by atoms with Gasteiger partial charge in [-0.05, 0) is 37.7 Å². The Morgan fingerprint density at radius 1 is 1.29 bits per heavy atom. The van der Waals surface area contributed by atoms with Crippen LogP contribution in [-0.4, -0.2) is 50.3 Å². The van der Waals surface area contributed by atoms with Crippen LogP contribution in [0.4, 0.5) is 0 Å². The van der Waals surface area contributed by atoms with Gasteiger partial charge in [0.25, 0.3) is 0 Å². The fourth-order valence-electron chi connectivity index (χ4n) is 3.48. The molecule has 1 N–H and O–H groups in total. The zero-order valence-corrected chi connectivity index (χ0v) is 14.7. The Morgan fingerprint density at radius 3 is 2.75 bits per heavy atom. The summed E-state index contributed by atoms with van der Waals surface area (Å²) in [5.41, 5.74) is 2.84. The number of aliphatic imine (C=N–C) groups is 1. The lowest BCUT2D eigenvalue weighted by Crippen LogP contribution is -2.45. The lowest BCUT2D eigenvalue weighted by Gasteiger charge is -2.31. The molecule has 0 spiro atoms. The second-order valence-corrected chi connectivity index (χ2v) is 6.60. The van der Waals surface area contributed by atoms with E-state index in [1.54, 1.807) is 0 Å². The van der Waals surface area contributed by atoms with E-state index >= 15 is 0 Å². The molecule has 4 nitrogen and oxygen atoms in total. The number of nitrogens with zero attached hydrogens (tertiary/aromatic N) is 2. The smallest absolute Gasteiger partial charge is 0.193 e. The molecule has 0 aromatic heterocycles. The van der Waals surface area contributed by atoms with Gasteiger partial charge in [0.1, 0.15) is 0 Å². The molecule has 0 aliphatic carbocycles. The maximum absolute atomic E-state index is 5.68. The summed E-state index contributed by atoms with van der Waals surface area (Å²) in [7, 11) is 1.88. The van der Waals surface area contributed by atoms with Crippen LogP contribution < -0.4 is 5.32 Å². The highest BCUT2D eigenvalue weighted by atomic mass is 16.5. The number of benzene rings is 1. The maximum atomic E-state index is 5.68. The molecule has 2 aliphatic heterocycles. The van der Waals surface area contributed by atoms with Crippen LogP contribution in [0.25, 0.3) is 6.08 Å². The van der Waals surface area contributed by atoms with Crippen molar-refractivity contribution in [2.24, 2.45) is 4.99 Å². The SMILES string of the molecule is CN=C(NCCC1CCCO1)N1CCC(=Cc2ccccc2)CC1. The second kappa shape index (κ2) is 8.88. The van der Waals surface area contributed by atoms with Crippen molar-refractivity contribution in [3.63, 3.8) is 0 Å². The van der Waals surface area contributed by atoms with Crippen LogP contribution in [0.2, 0.25) is 0 Å². The molecule has 2 aliphatic rings. The molecule has 1 unspecified atom stereocenters. The summed E-state index contributed by atoms with van der Waals surface area (Å²) >= 11 is 0. The molecule has 2 heterocycles. The summed E-state index contributed by atoms with van der Waals surface area (Å²) in [6.45, 7) is 3.96. The number of likely N-dealkylation sites (tertiary alicyclic amines) is 1. The zero-order chi connectivity index (χ0) is 16.6. The first kappa shape index (κ1) is 17.0. The van der Waals surface area contributed by atoms with Gasteiger partial charge >= 0.3 is 0 Å². The number of piperidine rings is 1. The van der Waals surface area contributed by atoms with Gasteiger partial charge in [0.2, 0.25) is 0 Å². The van der Waals surface area contributed by atoms with E-state index in [1.807, 2.05) is 7.05 Å². The number of guanidine groups is 1. The van der Waals surface area contributed by atoms with Crippen molar-refractivity contribution in [1.29, 1.82) is 0 Å².